The molecule has 0 aromatic rings. The van der Waals surface area contributed by atoms with Gasteiger partial charge >= 0.3 is 5.97 Å². The summed E-state index contributed by atoms with van der Waals surface area (Å²) >= 11 is 0. The number of esters is 1. The average Bonchev–Trinajstić information content (AvgIpc) is 2.59. The molecule has 0 fully saturated rings. The summed E-state index contributed by atoms with van der Waals surface area (Å²) < 4.78 is 5.18. The maximum absolute atomic E-state index is 12.1. The number of ether oxygens (including phenoxy) is 1. The van der Waals surface area contributed by atoms with Gasteiger partial charge < -0.3 is 21.1 Å². The summed E-state index contributed by atoms with van der Waals surface area (Å²) in [5.74, 6) is -0.216. The van der Waals surface area contributed by atoms with Gasteiger partial charge in [0.15, 0.2) is 5.96 Å². The molecule has 0 aromatic heterocycles. The summed E-state index contributed by atoms with van der Waals surface area (Å²) in [6, 6.07) is 0.0121. The molecule has 27 heavy (non-hydrogen) atoms. The Labute approximate surface area is 172 Å². The van der Waals surface area contributed by atoms with Crippen molar-refractivity contribution in [2.24, 2.45) is 5.73 Å². The van der Waals surface area contributed by atoms with E-state index in [4.69, 9.17) is 15.9 Å². The Kier molecular flexibility index (Phi) is 20.6. The van der Waals surface area contributed by atoms with Crippen LogP contribution in [0.1, 0.15) is 91.4 Å². The van der Waals surface area contributed by atoms with Gasteiger partial charge in [-0.1, -0.05) is 58.3 Å². The van der Waals surface area contributed by atoms with Crippen LogP contribution in [0.15, 0.2) is 0 Å². The molecule has 0 saturated heterocycles. The first kappa shape index (κ1) is 28.2. The standard InChI is InChI=1S/C20H42N4O2.ClH/c1-4-6-7-8-9-10-11-12-14-17(3)24-18(19(25)26-5-2)15-13-16-23-20(21)22;/h17-18,24H,4-16H2,1-3H3,(H4,21,22,23);1H/t17?,18-;/m0./s1. The maximum Gasteiger partial charge on any atom is 0.323 e. The van der Waals surface area contributed by atoms with Crippen LogP contribution < -0.4 is 16.4 Å². The number of guanidine groups is 1. The minimum Gasteiger partial charge on any atom is -0.465 e. The van der Waals surface area contributed by atoms with Crippen molar-refractivity contribution >= 4 is 24.3 Å². The van der Waals surface area contributed by atoms with Gasteiger partial charge in [-0.25, -0.2) is 0 Å². The summed E-state index contributed by atoms with van der Waals surface area (Å²) in [5.41, 5.74) is 5.28. The quantitative estimate of drug-likeness (QED) is 0.126. The summed E-state index contributed by atoms with van der Waals surface area (Å²) in [6.45, 7) is 7.21. The van der Waals surface area contributed by atoms with Crippen molar-refractivity contribution in [2.45, 2.75) is 103 Å². The highest BCUT2D eigenvalue weighted by molar-refractivity contribution is 5.85. The van der Waals surface area contributed by atoms with Gasteiger partial charge in [0.2, 0.25) is 0 Å². The third-order valence-electron chi connectivity index (χ3n) is 4.53. The first-order chi connectivity index (χ1) is 12.5. The lowest BCUT2D eigenvalue weighted by molar-refractivity contribution is -0.146. The van der Waals surface area contributed by atoms with Crippen molar-refractivity contribution < 1.29 is 9.53 Å². The van der Waals surface area contributed by atoms with E-state index in [9.17, 15) is 4.79 Å². The lowest BCUT2D eigenvalue weighted by Crippen LogP contribution is -2.43. The zero-order valence-electron chi connectivity index (χ0n) is 17.6. The van der Waals surface area contributed by atoms with Crippen LogP contribution in [0.25, 0.3) is 0 Å². The Morgan fingerprint density at radius 2 is 1.59 bits per heavy atom. The van der Waals surface area contributed by atoms with Gasteiger partial charge in [-0.15, -0.1) is 12.4 Å². The third kappa shape index (κ3) is 18.1. The van der Waals surface area contributed by atoms with Gasteiger partial charge in [0.05, 0.1) is 6.61 Å². The molecule has 6 nitrogen and oxygen atoms in total. The van der Waals surface area contributed by atoms with E-state index in [0.717, 1.165) is 12.8 Å². The summed E-state index contributed by atoms with van der Waals surface area (Å²) in [7, 11) is 0. The third-order valence-corrected chi connectivity index (χ3v) is 4.53. The Balaban J connectivity index is 0. The van der Waals surface area contributed by atoms with Crippen LogP contribution in [0.4, 0.5) is 0 Å². The van der Waals surface area contributed by atoms with Crippen molar-refractivity contribution in [3.8, 4) is 0 Å². The predicted octanol–water partition coefficient (Wildman–Crippen LogP) is 4.11. The zero-order valence-corrected chi connectivity index (χ0v) is 18.5. The van der Waals surface area contributed by atoms with E-state index in [1.165, 1.54) is 51.4 Å². The maximum atomic E-state index is 12.1. The molecule has 0 radical (unpaired) electrons. The summed E-state index contributed by atoms with van der Waals surface area (Å²) in [4.78, 5) is 12.1. The number of halogens is 1. The monoisotopic (exact) mass is 406 g/mol. The first-order valence-electron chi connectivity index (χ1n) is 10.5. The van der Waals surface area contributed by atoms with E-state index in [2.05, 4.69) is 24.5 Å². The number of unbranched alkanes of at least 4 members (excludes halogenated alkanes) is 7. The number of hydrogen-bond acceptors (Lipinski definition) is 4. The van der Waals surface area contributed by atoms with Gasteiger partial charge in [0.1, 0.15) is 6.04 Å². The lowest BCUT2D eigenvalue weighted by atomic mass is 10.0. The van der Waals surface area contributed by atoms with Crippen molar-refractivity contribution in [1.29, 1.82) is 5.41 Å². The lowest BCUT2D eigenvalue weighted by Gasteiger charge is -2.22. The van der Waals surface area contributed by atoms with Gasteiger partial charge in [0, 0.05) is 12.6 Å². The normalized spacial score (nSPS) is 12.7. The van der Waals surface area contributed by atoms with Crippen molar-refractivity contribution in [2.75, 3.05) is 13.2 Å². The number of carbonyl (C=O) groups is 1. The van der Waals surface area contributed by atoms with Crippen LogP contribution in [-0.4, -0.2) is 37.2 Å². The number of carbonyl (C=O) groups excluding carboxylic acids is 1. The number of nitrogens with one attached hydrogen (secondary N) is 3. The van der Waals surface area contributed by atoms with Crippen LogP contribution in [-0.2, 0) is 9.53 Å². The molecular formula is C20H43ClN4O2. The molecule has 0 bridgehead atoms. The molecule has 0 saturated carbocycles. The van der Waals surface area contributed by atoms with E-state index in [1.807, 2.05) is 6.92 Å². The average molecular weight is 407 g/mol. The number of hydrogen-bond donors (Lipinski definition) is 4. The molecule has 0 aliphatic carbocycles. The second kappa shape index (κ2) is 19.7. The fourth-order valence-electron chi connectivity index (χ4n) is 3.05. The molecule has 0 amide bonds. The number of rotatable bonds is 17. The van der Waals surface area contributed by atoms with E-state index in [1.54, 1.807) is 0 Å². The molecule has 0 heterocycles. The highest BCUT2D eigenvalue weighted by Crippen LogP contribution is 2.11. The topological polar surface area (TPSA) is 100 Å². The second-order valence-corrected chi connectivity index (χ2v) is 7.12. The zero-order chi connectivity index (χ0) is 19.6. The van der Waals surface area contributed by atoms with Crippen molar-refractivity contribution in [3.05, 3.63) is 0 Å². The molecule has 2 atom stereocenters. The Morgan fingerprint density at radius 1 is 1.00 bits per heavy atom. The molecule has 0 rings (SSSR count). The molecular weight excluding hydrogens is 364 g/mol. The second-order valence-electron chi connectivity index (χ2n) is 7.12. The fourth-order valence-corrected chi connectivity index (χ4v) is 3.05. The Hall–Kier alpha value is -1.01. The van der Waals surface area contributed by atoms with Gasteiger partial charge in [-0.05, 0) is 33.1 Å². The van der Waals surface area contributed by atoms with Crippen LogP contribution >= 0.6 is 12.4 Å². The van der Waals surface area contributed by atoms with Gasteiger partial charge in [-0.2, -0.15) is 0 Å². The van der Waals surface area contributed by atoms with Crippen molar-refractivity contribution in [1.82, 2.24) is 10.6 Å². The predicted molar refractivity (Wildman–Crippen MR) is 117 cm³/mol. The molecule has 1 unspecified atom stereocenters. The highest BCUT2D eigenvalue weighted by atomic mass is 35.5. The molecule has 7 heteroatoms. The largest absolute Gasteiger partial charge is 0.465 e. The van der Waals surface area contributed by atoms with Crippen LogP contribution in [0.3, 0.4) is 0 Å². The minimum absolute atomic E-state index is 0. The number of nitrogens with two attached hydrogens (primary N) is 1. The van der Waals surface area contributed by atoms with Gasteiger partial charge in [0.25, 0.3) is 0 Å². The van der Waals surface area contributed by atoms with E-state index < -0.39 is 0 Å². The summed E-state index contributed by atoms with van der Waals surface area (Å²) in [5, 5.41) is 13.4. The van der Waals surface area contributed by atoms with E-state index in [0.29, 0.717) is 25.6 Å². The molecule has 162 valence electrons. The molecule has 5 N–H and O–H groups in total. The van der Waals surface area contributed by atoms with Gasteiger partial charge in [-0.3, -0.25) is 10.2 Å². The molecule has 0 spiro atoms. The van der Waals surface area contributed by atoms with E-state index in [-0.39, 0.29) is 30.4 Å². The minimum atomic E-state index is -0.284. The Bertz CT molecular complexity index is 370. The van der Waals surface area contributed by atoms with Crippen LogP contribution in [0.5, 0.6) is 0 Å². The smallest absolute Gasteiger partial charge is 0.323 e. The summed E-state index contributed by atoms with van der Waals surface area (Å²) in [6.07, 6.45) is 13.0. The molecule has 0 aliphatic rings. The van der Waals surface area contributed by atoms with Crippen LogP contribution in [0.2, 0.25) is 0 Å². The van der Waals surface area contributed by atoms with E-state index >= 15 is 0 Å². The van der Waals surface area contributed by atoms with Crippen molar-refractivity contribution in [3.63, 3.8) is 0 Å². The first-order valence-corrected chi connectivity index (χ1v) is 10.5. The fraction of sp³-hybridized carbons (Fsp3) is 0.900. The Morgan fingerprint density at radius 3 is 2.15 bits per heavy atom. The highest BCUT2D eigenvalue weighted by Gasteiger charge is 2.21. The van der Waals surface area contributed by atoms with Crippen LogP contribution in [0, 0.1) is 5.41 Å². The SMILES string of the molecule is CCCCCCCCCCC(C)N[C@@H](CCCNC(=N)N)C(=O)OCC.Cl. The molecule has 0 aliphatic heterocycles. The molecule has 0 aromatic carbocycles.